The monoisotopic (exact) mass is 672 g/mol. The molecule has 0 fully saturated rings. The molecule has 50 heavy (non-hydrogen) atoms. The lowest BCUT2D eigenvalue weighted by atomic mass is 10.0. The van der Waals surface area contributed by atoms with Gasteiger partial charge in [-0.2, -0.15) is 36.9 Å². The van der Waals surface area contributed by atoms with Crippen LogP contribution in [0.25, 0.3) is 47.6 Å². The van der Waals surface area contributed by atoms with Crippen molar-refractivity contribution in [3.8, 4) is 12.1 Å². The van der Waals surface area contributed by atoms with E-state index in [1.54, 1.807) is 12.2 Å². The maximum atomic E-state index is 12.9. The molecule has 246 valence electrons. The number of hydrogen-bond donors (Lipinski definition) is 0. The Morgan fingerprint density at radius 1 is 0.380 bits per heavy atom. The van der Waals surface area contributed by atoms with Gasteiger partial charge in [0.05, 0.1) is 34.4 Å². The number of hydrogen-bond acceptors (Lipinski definition) is 2. The lowest BCUT2D eigenvalue weighted by molar-refractivity contribution is -0.138. The second kappa shape index (κ2) is 15.2. The Morgan fingerprint density at radius 2 is 0.620 bits per heavy atom. The summed E-state index contributed by atoms with van der Waals surface area (Å²) in [4.78, 5) is 0. The predicted octanol–water partition coefficient (Wildman–Crippen LogP) is 12.2. The van der Waals surface area contributed by atoms with Gasteiger partial charge in [0.1, 0.15) is 0 Å². The number of nitriles is 2. The molecule has 0 saturated carbocycles. The first kappa shape index (κ1) is 34.9. The van der Waals surface area contributed by atoms with E-state index in [1.807, 2.05) is 97.1 Å². The number of allylic oxidation sites excluding steroid dienone is 2. The average Bonchev–Trinajstić information content (AvgIpc) is 3.12. The van der Waals surface area contributed by atoms with Crippen LogP contribution >= 0.6 is 0 Å². The van der Waals surface area contributed by atoms with Gasteiger partial charge in [0.2, 0.25) is 0 Å². The number of alkyl halides is 6. The summed E-state index contributed by atoms with van der Waals surface area (Å²) >= 11 is 0. The van der Waals surface area contributed by atoms with Crippen LogP contribution in [0, 0.1) is 22.7 Å². The van der Waals surface area contributed by atoms with E-state index in [1.165, 1.54) is 24.3 Å². The molecule has 0 aliphatic rings. The zero-order valence-corrected chi connectivity index (χ0v) is 26.2. The third kappa shape index (κ3) is 9.37. The Labute approximate surface area is 285 Å². The number of halogens is 6. The van der Waals surface area contributed by atoms with E-state index >= 15 is 0 Å². The van der Waals surface area contributed by atoms with Gasteiger partial charge in [-0.3, -0.25) is 0 Å². The third-order valence-corrected chi connectivity index (χ3v) is 7.66. The van der Waals surface area contributed by atoms with Crippen molar-refractivity contribution >= 4 is 47.6 Å². The zero-order valence-electron chi connectivity index (χ0n) is 26.2. The van der Waals surface area contributed by atoms with Crippen molar-refractivity contribution in [3.05, 3.63) is 177 Å². The smallest absolute Gasteiger partial charge is 0.192 e. The van der Waals surface area contributed by atoms with Crippen LogP contribution in [-0.2, 0) is 12.4 Å². The summed E-state index contributed by atoms with van der Waals surface area (Å²) in [5.41, 5.74) is 5.10. The minimum atomic E-state index is -4.44. The minimum Gasteiger partial charge on any atom is -0.192 e. The number of benzene rings is 5. The van der Waals surface area contributed by atoms with Gasteiger partial charge in [-0.15, -0.1) is 0 Å². The number of rotatable bonds is 8. The zero-order chi connectivity index (χ0) is 35.7. The Bertz CT molecular complexity index is 1980. The molecule has 0 heterocycles. The van der Waals surface area contributed by atoms with Crippen molar-refractivity contribution in [2.24, 2.45) is 0 Å². The highest BCUT2D eigenvalue weighted by Gasteiger charge is 2.30. The summed E-state index contributed by atoms with van der Waals surface area (Å²) in [6.07, 6.45) is 2.21. The summed E-state index contributed by atoms with van der Waals surface area (Å²) in [5.74, 6) is 0. The molecular formula is C42H26F6N2. The fourth-order valence-corrected chi connectivity index (χ4v) is 4.88. The van der Waals surface area contributed by atoms with E-state index in [2.05, 4.69) is 12.1 Å². The van der Waals surface area contributed by atoms with Gasteiger partial charge in [0, 0.05) is 0 Å². The molecular weight excluding hydrogens is 646 g/mol. The van der Waals surface area contributed by atoms with Crippen LogP contribution in [0.15, 0.2) is 121 Å². The summed E-state index contributed by atoms with van der Waals surface area (Å²) in [6, 6.07) is 35.9. The Balaban J connectivity index is 1.18. The second-order valence-corrected chi connectivity index (χ2v) is 11.2. The first-order valence-corrected chi connectivity index (χ1v) is 15.2. The molecule has 0 radical (unpaired) electrons. The van der Waals surface area contributed by atoms with Gasteiger partial charge >= 0.3 is 12.4 Å². The van der Waals surface area contributed by atoms with E-state index < -0.39 is 23.5 Å². The van der Waals surface area contributed by atoms with Crippen LogP contribution in [0.5, 0.6) is 0 Å². The fraction of sp³-hybridized carbons (Fsp3) is 0.0476. The first-order valence-electron chi connectivity index (χ1n) is 15.2. The Kier molecular flexibility index (Phi) is 10.6. The molecule has 0 amide bonds. The highest BCUT2D eigenvalue weighted by atomic mass is 19.4. The van der Waals surface area contributed by atoms with Crippen LogP contribution in [0.1, 0.15) is 55.6 Å². The summed E-state index contributed by atoms with van der Waals surface area (Å²) in [6.45, 7) is 0. The SMILES string of the molecule is N#C/C(=C\c1ccc(/C=C/c2ccc(/C=C/c3ccc(/C=C(\C#N)c4ccc(C(F)(F)F)cc4)cc3)cc2)cc1)c1ccc(C(F)(F)F)cc1. The van der Waals surface area contributed by atoms with Gasteiger partial charge in [-0.05, 0) is 80.9 Å². The average molecular weight is 673 g/mol. The maximum absolute atomic E-state index is 12.9. The van der Waals surface area contributed by atoms with Crippen molar-refractivity contribution in [2.45, 2.75) is 12.4 Å². The van der Waals surface area contributed by atoms with Gasteiger partial charge in [-0.25, -0.2) is 0 Å². The van der Waals surface area contributed by atoms with Crippen LogP contribution in [0.3, 0.4) is 0 Å². The van der Waals surface area contributed by atoms with Crippen molar-refractivity contribution < 1.29 is 26.3 Å². The van der Waals surface area contributed by atoms with Crippen molar-refractivity contribution in [3.63, 3.8) is 0 Å². The highest BCUT2D eigenvalue weighted by Crippen LogP contribution is 2.31. The van der Waals surface area contributed by atoms with Crippen molar-refractivity contribution in [1.82, 2.24) is 0 Å². The maximum Gasteiger partial charge on any atom is 0.416 e. The molecule has 5 aromatic rings. The molecule has 5 aromatic carbocycles. The Hall–Kier alpha value is -6.38. The molecule has 8 heteroatoms. The molecule has 0 spiro atoms. The quantitative estimate of drug-likeness (QED) is 0.0936. The van der Waals surface area contributed by atoms with Crippen molar-refractivity contribution in [2.75, 3.05) is 0 Å². The fourth-order valence-electron chi connectivity index (χ4n) is 4.88. The van der Waals surface area contributed by atoms with E-state index in [9.17, 15) is 36.9 Å². The number of nitrogens with zero attached hydrogens (tertiary/aromatic N) is 2. The van der Waals surface area contributed by atoms with E-state index in [4.69, 9.17) is 0 Å². The van der Waals surface area contributed by atoms with Gasteiger partial charge in [0.25, 0.3) is 0 Å². The normalized spacial score (nSPS) is 12.6. The van der Waals surface area contributed by atoms with Gasteiger partial charge < -0.3 is 0 Å². The third-order valence-electron chi connectivity index (χ3n) is 7.66. The topological polar surface area (TPSA) is 47.6 Å². The molecule has 0 bridgehead atoms. The lowest BCUT2D eigenvalue weighted by Crippen LogP contribution is -2.04. The molecule has 0 atom stereocenters. The van der Waals surface area contributed by atoms with Crippen LogP contribution < -0.4 is 0 Å². The van der Waals surface area contributed by atoms with E-state index in [0.717, 1.165) is 57.6 Å². The van der Waals surface area contributed by atoms with Crippen LogP contribution in [-0.4, -0.2) is 0 Å². The predicted molar refractivity (Wildman–Crippen MR) is 187 cm³/mol. The summed E-state index contributed by atoms with van der Waals surface area (Å²) in [5, 5.41) is 19.1. The van der Waals surface area contributed by atoms with Gasteiger partial charge in [0.15, 0.2) is 0 Å². The molecule has 2 nitrogen and oxygen atoms in total. The molecule has 0 aliphatic carbocycles. The summed E-state index contributed by atoms with van der Waals surface area (Å²) < 4.78 is 77.2. The van der Waals surface area contributed by atoms with E-state index in [0.29, 0.717) is 11.1 Å². The van der Waals surface area contributed by atoms with Crippen LogP contribution in [0.4, 0.5) is 26.3 Å². The second-order valence-electron chi connectivity index (χ2n) is 11.2. The molecule has 0 N–H and O–H groups in total. The Morgan fingerprint density at radius 3 is 0.840 bits per heavy atom. The van der Waals surface area contributed by atoms with E-state index in [-0.39, 0.29) is 11.1 Å². The molecule has 0 unspecified atom stereocenters. The highest BCUT2D eigenvalue weighted by molar-refractivity contribution is 5.90. The molecule has 0 saturated heterocycles. The standard InChI is InChI=1S/C42H26F6N2/c43-41(44,45)39-21-17-35(18-22-39)37(27-49)25-33-13-9-31(10-14-33)7-5-29-1-2-30(4-3-29)6-8-32-11-15-34(16-12-32)26-38(28-50)36-19-23-40(24-20-36)42(46,47)48/h1-26H/b7-5+,8-6+,37-25+,38-26+. The van der Waals surface area contributed by atoms with Crippen LogP contribution in [0.2, 0.25) is 0 Å². The largest absolute Gasteiger partial charge is 0.416 e. The summed E-state index contributed by atoms with van der Waals surface area (Å²) in [7, 11) is 0. The molecule has 0 aliphatic heterocycles. The minimum absolute atomic E-state index is 0.259. The molecule has 5 rings (SSSR count). The van der Waals surface area contributed by atoms with Gasteiger partial charge in [-0.1, -0.05) is 121 Å². The molecule has 0 aromatic heterocycles. The first-order chi connectivity index (χ1) is 23.9. The lowest BCUT2D eigenvalue weighted by Gasteiger charge is -2.07. The van der Waals surface area contributed by atoms with Crippen molar-refractivity contribution in [1.29, 1.82) is 10.5 Å².